The Hall–Kier alpha value is -1.08. The monoisotopic (exact) mass is 287 g/mol. The Kier molecular flexibility index (Phi) is 5.61. The van der Waals surface area contributed by atoms with Crippen LogP contribution in [-0.2, 0) is 9.59 Å². The van der Waals surface area contributed by atoms with E-state index in [0.29, 0.717) is 0 Å². The van der Waals surface area contributed by atoms with Crippen LogP contribution in [0.4, 0.5) is 0 Å². The molecule has 0 saturated carbocycles. The summed E-state index contributed by atoms with van der Waals surface area (Å²) in [6.45, 7) is 5.14. The summed E-state index contributed by atoms with van der Waals surface area (Å²) in [7, 11) is 0. The molecular weight excluding hydrogens is 270 g/mol. The molecular formula is C11H17N3O2S2. The van der Waals surface area contributed by atoms with E-state index >= 15 is 0 Å². The number of aryl methyl sites for hydroxylation is 1. The first-order valence-electron chi connectivity index (χ1n) is 5.54. The molecule has 2 amide bonds. The van der Waals surface area contributed by atoms with Crippen LogP contribution in [0.2, 0.25) is 0 Å². The van der Waals surface area contributed by atoms with Crippen molar-refractivity contribution in [3.63, 3.8) is 0 Å². The van der Waals surface area contributed by atoms with E-state index < -0.39 is 6.04 Å². The highest BCUT2D eigenvalue weighted by molar-refractivity contribution is 7.80. The van der Waals surface area contributed by atoms with E-state index in [1.165, 1.54) is 18.3 Å². The van der Waals surface area contributed by atoms with Gasteiger partial charge in [-0.1, -0.05) is 0 Å². The molecule has 0 aliphatic heterocycles. The summed E-state index contributed by atoms with van der Waals surface area (Å²) in [6, 6.07) is -0.790. The molecule has 0 fully saturated rings. The molecule has 7 heteroatoms. The van der Waals surface area contributed by atoms with E-state index in [4.69, 9.17) is 0 Å². The fourth-order valence-electron chi connectivity index (χ4n) is 1.39. The molecule has 0 aliphatic rings. The first-order valence-corrected chi connectivity index (χ1v) is 7.05. The highest BCUT2D eigenvalue weighted by Gasteiger charge is 2.20. The van der Waals surface area contributed by atoms with Crippen molar-refractivity contribution >= 4 is 35.8 Å². The van der Waals surface area contributed by atoms with Gasteiger partial charge in [-0.3, -0.25) is 9.59 Å². The molecule has 1 heterocycles. The Bertz CT molecular complexity index is 434. The molecule has 0 saturated heterocycles. The molecule has 0 aromatic carbocycles. The predicted molar refractivity (Wildman–Crippen MR) is 74.9 cm³/mol. The van der Waals surface area contributed by atoms with Crippen LogP contribution in [0.25, 0.3) is 0 Å². The summed E-state index contributed by atoms with van der Waals surface area (Å²) in [5.41, 5.74) is 0.934. The molecule has 0 bridgehead atoms. The van der Waals surface area contributed by atoms with Gasteiger partial charge < -0.3 is 10.6 Å². The Labute approximate surface area is 116 Å². The lowest BCUT2D eigenvalue weighted by atomic mass is 10.2. The minimum atomic E-state index is -0.616. The highest BCUT2D eigenvalue weighted by Crippen LogP contribution is 2.17. The summed E-state index contributed by atoms with van der Waals surface area (Å²) in [6.07, 6.45) is 0. The number of thiol groups is 1. The van der Waals surface area contributed by atoms with Crippen molar-refractivity contribution in [2.75, 3.05) is 5.75 Å². The summed E-state index contributed by atoms with van der Waals surface area (Å²) in [5.74, 6) is -0.239. The number of carbonyl (C=O) groups is 2. The fourth-order valence-corrected chi connectivity index (χ4v) is 2.45. The Morgan fingerprint density at radius 1 is 1.50 bits per heavy atom. The SMILES string of the molecule is CC(=O)NC(CS)C(=O)NC(C)c1nc(C)cs1. The van der Waals surface area contributed by atoms with Crippen LogP contribution in [0, 0.1) is 6.92 Å². The second-order valence-electron chi connectivity index (χ2n) is 3.99. The van der Waals surface area contributed by atoms with Crippen LogP contribution in [-0.4, -0.2) is 28.6 Å². The average molecular weight is 287 g/mol. The highest BCUT2D eigenvalue weighted by atomic mass is 32.1. The second kappa shape index (κ2) is 6.75. The first-order chi connectivity index (χ1) is 8.43. The van der Waals surface area contributed by atoms with E-state index in [0.717, 1.165) is 10.7 Å². The molecule has 0 radical (unpaired) electrons. The molecule has 0 spiro atoms. The molecule has 2 atom stereocenters. The van der Waals surface area contributed by atoms with Crippen molar-refractivity contribution in [1.29, 1.82) is 0 Å². The van der Waals surface area contributed by atoms with Gasteiger partial charge in [0.1, 0.15) is 11.0 Å². The van der Waals surface area contributed by atoms with Gasteiger partial charge in [0, 0.05) is 23.8 Å². The van der Waals surface area contributed by atoms with Crippen molar-refractivity contribution in [2.45, 2.75) is 32.9 Å². The van der Waals surface area contributed by atoms with Crippen LogP contribution in [0.3, 0.4) is 0 Å². The largest absolute Gasteiger partial charge is 0.345 e. The van der Waals surface area contributed by atoms with Crippen molar-refractivity contribution < 1.29 is 9.59 Å². The predicted octanol–water partition coefficient (Wildman–Crippen LogP) is 1.06. The Morgan fingerprint density at radius 2 is 2.17 bits per heavy atom. The van der Waals surface area contributed by atoms with Gasteiger partial charge in [0.25, 0.3) is 0 Å². The van der Waals surface area contributed by atoms with Gasteiger partial charge in [-0.25, -0.2) is 4.98 Å². The van der Waals surface area contributed by atoms with Gasteiger partial charge >= 0.3 is 0 Å². The molecule has 2 N–H and O–H groups in total. The number of hydrogen-bond donors (Lipinski definition) is 3. The van der Waals surface area contributed by atoms with E-state index in [1.807, 2.05) is 19.2 Å². The number of thiazole rings is 1. The molecule has 18 heavy (non-hydrogen) atoms. The molecule has 100 valence electrons. The zero-order valence-corrected chi connectivity index (χ0v) is 12.3. The normalized spacial score (nSPS) is 13.8. The molecule has 5 nitrogen and oxygen atoms in total. The lowest BCUT2D eigenvalue weighted by molar-refractivity contribution is -0.127. The number of nitrogens with one attached hydrogen (secondary N) is 2. The maximum Gasteiger partial charge on any atom is 0.243 e. The number of hydrogen-bond acceptors (Lipinski definition) is 5. The third-order valence-electron chi connectivity index (χ3n) is 2.24. The van der Waals surface area contributed by atoms with Crippen LogP contribution in [0.5, 0.6) is 0 Å². The Morgan fingerprint density at radius 3 is 2.61 bits per heavy atom. The lowest BCUT2D eigenvalue weighted by Gasteiger charge is -2.18. The third kappa shape index (κ3) is 4.30. The summed E-state index contributed by atoms with van der Waals surface area (Å²) in [5, 5.41) is 8.14. The van der Waals surface area contributed by atoms with Crippen LogP contribution in [0.15, 0.2) is 5.38 Å². The van der Waals surface area contributed by atoms with Crippen molar-refractivity contribution in [3.05, 3.63) is 16.1 Å². The number of rotatable bonds is 5. The van der Waals surface area contributed by atoms with Gasteiger partial charge in [0.2, 0.25) is 11.8 Å². The van der Waals surface area contributed by atoms with Gasteiger partial charge in [-0.15, -0.1) is 11.3 Å². The zero-order chi connectivity index (χ0) is 13.7. The van der Waals surface area contributed by atoms with E-state index in [-0.39, 0.29) is 23.6 Å². The van der Waals surface area contributed by atoms with Crippen molar-refractivity contribution in [3.8, 4) is 0 Å². The van der Waals surface area contributed by atoms with E-state index in [1.54, 1.807) is 0 Å². The lowest BCUT2D eigenvalue weighted by Crippen LogP contribution is -2.47. The van der Waals surface area contributed by atoms with Gasteiger partial charge in [-0.05, 0) is 13.8 Å². The maximum absolute atomic E-state index is 11.9. The summed E-state index contributed by atoms with van der Waals surface area (Å²) < 4.78 is 0. The van der Waals surface area contributed by atoms with Crippen LogP contribution >= 0.6 is 24.0 Å². The van der Waals surface area contributed by atoms with E-state index in [2.05, 4.69) is 28.2 Å². The number of carbonyl (C=O) groups excluding carboxylic acids is 2. The second-order valence-corrected chi connectivity index (χ2v) is 5.25. The quantitative estimate of drug-likeness (QED) is 0.709. The number of amides is 2. The molecule has 0 aliphatic carbocycles. The fraction of sp³-hybridized carbons (Fsp3) is 0.545. The van der Waals surface area contributed by atoms with E-state index in [9.17, 15) is 9.59 Å². The number of aromatic nitrogens is 1. The van der Waals surface area contributed by atoms with Crippen molar-refractivity contribution in [1.82, 2.24) is 15.6 Å². The minimum absolute atomic E-state index is 0.174. The van der Waals surface area contributed by atoms with Gasteiger partial charge in [0.15, 0.2) is 0 Å². The summed E-state index contributed by atoms with van der Waals surface area (Å²) >= 11 is 5.56. The number of nitrogens with zero attached hydrogens (tertiary/aromatic N) is 1. The smallest absolute Gasteiger partial charge is 0.243 e. The minimum Gasteiger partial charge on any atom is -0.345 e. The molecule has 1 rings (SSSR count). The molecule has 1 aromatic rings. The van der Waals surface area contributed by atoms with Crippen LogP contribution in [0.1, 0.15) is 30.6 Å². The molecule has 1 aromatic heterocycles. The van der Waals surface area contributed by atoms with Crippen molar-refractivity contribution in [2.24, 2.45) is 0 Å². The third-order valence-corrected chi connectivity index (χ3v) is 3.75. The first kappa shape index (κ1) is 15.0. The maximum atomic E-state index is 11.9. The van der Waals surface area contributed by atoms with Gasteiger partial charge in [0.05, 0.1) is 6.04 Å². The zero-order valence-electron chi connectivity index (χ0n) is 10.6. The Balaban J connectivity index is 2.60. The molecule has 2 unspecified atom stereocenters. The van der Waals surface area contributed by atoms with Gasteiger partial charge in [-0.2, -0.15) is 12.6 Å². The van der Waals surface area contributed by atoms with Crippen LogP contribution < -0.4 is 10.6 Å². The standard InChI is InChI=1S/C11H17N3O2S2/c1-6-5-18-11(12-6)7(2)13-10(16)9(4-17)14-8(3)15/h5,7,9,17H,4H2,1-3H3,(H,13,16)(H,14,15). The topological polar surface area (TPSA) is 71.1 Å². The summed E-state index contributed by atoms with van der Waals surface area (Å²) in [4.78, 5) is 27.2. The average Bonchev–Trinajstić information content (AvgIpc) is 2.72.